The maximum atomic E-state index is 11.9. The van der Waals surface area contributed by atoms with Gasteiger partial charge in [-0.15, -0.1) is 0 Å². The first-order chi connectivity index (χ1) is 10.7. The third-order valence-electron chi connectivity index (χ3n) is 3.43. The number of amides is 1. The van der Waals surface area contributed by atoms with E-state index in [4.69, 9.17) is 9.15 Å². The molecule has 2 rings (SSSR count). The number of methoxy groups -OCH3 is 1. The smallest absolute Gasteiger partial charge is 0.275 e. The van der Waals surface area contributed by atoms with Gasteiger partial charge >= 0.3 is 0 Å². The lowest BCUT2D eigenvalue weighted by Crippen LogP contribution is -3.08. The molecule has 1 unspecified atom stereocenters. The van der Waals surface area contributed by atoms with Crippen molar-refractivity contribution in [2.24, 2.45) is 0 Å². The second-order valence-electron chi connectivity index (χ2n) is 5.30. The van der Waals surface area contributed by atoms with Crippen LogP contribution in [0.15, 0.2) is 47.1 Å². The number of hydrogen-bond donors (Lipinski definition) is 2. The van der Waals surface area contributed by atoms with E-state index in [1.165, 1.54) is 0 Å². The van der Waals surface area contributed by atoms with Crippen LogP contribution < -0.4 is 15.0 Å². The van der Waals surface area contributed by atoms with E-state index in [1.807, 2.05) is 43.4 Å². The number of hydrogen-bond acceptors (Lipinski definition) is 3. The lowest BCUT2D eigenvalue weighted by Gasteiger charge is -2.13. The largest absolute Gasteiger partial charge is 0.496 e. The predicted octanol–water partition coefficient (Wildman–Crippen LogP) is 0.662. The van der Waals surface area contributed by atoms with Crippen molar-refractivity contribution in [2.45, 2.75) is 13.0 Å². The molecule has 22 heavy (non-hydrogen) atoms. The summed E-state index contributed by atoms with van der Waals surface area (Å²) < 4.78 is 10.6. The number of ether oxygens (including phenoxy) is 1. The van der Waals surface area contributed by atoms with E-state index >= 15 is 0 Å². The highest BCUT2D eigenvalue weighted by Gasteiger charge is 2.11. The van der Waals surface area contributed by atoms with Gasteiger partial charge in [0.25, 0.3) is 5.91 Å². The fourth-order valence-electron chi connectivity index (χ4n) is 2.36. The van der Waals surface area contributed by atoms with Gasteiger partial charge in [0.05, 0.1) is 20.4 Å². The van der Waals surface area contributed by atoms with Crippen LogP contribution in [0.5, 0.6) is 5.75 Å². The predicted molar refractivity (Wildman–Crippen MR) is 83.9 cm³/mol. The quantitative estimate of drug-likeness (QED) is 0.753. The lowest BCUT2D eigenvalue weighted by molar-refractivity contribution is -0.886. The van der Waals surface area contributed by atoms with E-state index < -0.39 is 0 Å². The Morgan fingerprint density at radius 1 is 1.27 bits per heavy atom. The van der Waals surface area contributed by atoms with Crippen LogP contribution in [-0.2, 0) is 17.8 Å². The van der Waals surface area contributed by atoms with Gasteiger partial charge in [0.1, 0.15) is 12.3 Å². The minimum atomic E-state index is 0.0407. The summed E-state index contributed by atoms with van der Waals surface area (Å²) in [5, 5.41) is 2.95. The van der Waals surface area contributed by atoms with E-state index in [0.29, 0.717) is 19.6 Å². The van der Waals surface area contributed by atoms with Crippen LogP contribution in [0.25, 0.3) is 0 Å². The number of benzene rings is 1. The average Bonchev–Trinajstić information content (AvgIpc) is 3.00. The number of furan rings is 1. The highest BCUT2D eigenvalue weighted by Crippen LogP contribution is 2.17. The number of carbonyl (C=O) groups excluding carboxylic acids is 1. The molecule has 1 heterocycles. The molecule has 0 aliphatic rings. The molecule has 0 spiro atoms. The Hall–Kier alpha value is -2.27. The van der Waals surface area contributed by atoms with Crippen LogP contribution in [0.1, 0.15) is 11.3 Å². The lowest BCUT2D eigenvalue weighted by atomic mass is 10.1. The topological polar surface area (TPSA) is 55.9 Å². The van der Waals surface area contributed by atoms with Gasteiger partial charge in [-0.1, -0.05) is 18.2 Å². The van der Waals surface area contributed by atoms with Gasteiger partial charge in [0, 0.05) is 6.54 Å². The van der Waals surface area contributed by atoms with Crippen molar-refractivity contribution in [1.29, 1.82) is 0 Å². The number of carbonyl (C=O) groups is 1. The molecule has 1 aromatic carbocycles. The van der Waals surface area contributed by atoms with Crippen molar-refractivity contribution >= 4 is 5.91 Å². The summed E-state index contributed by atoms with van der Waals surface area (Å²) in [6.45, 7) is 1.73. The Kier molecular flexibility index (Phi) is 6.03. The number of nitrogens with one attached hydrogen (secondary N) is 2. The molecular formula is C17H23N2O3+. The van der Waals surface area contributed by atoms with Crippen molar-refractivity contribution in [2.75, 3.05) is 27.2 Å². The van der Waals surface area contributed by atoms with Gasteiger partial charge in [-0.05, 0) is 30.2 Å². The Labute approximate surface area is 130 Å². The zero-order valence-corrected chi connectivity index (χ0v) is 13.1. The average molecular weight is 303 g/mol. The Morgan fingerprint density at radius 2 is 2.09 bits per heavy atom. The summed E-state index contributed by atoms with van der Waals surface area (Å²) in [5.41, 5.74) is 1.10. The van der Waals surface area contributed by atoms with E-state index in [-0.39, 0.29) is 5.91 Å². The first kappa shape index (κ1) is 16.1. The fraction of sp³-hybridized carbons (Fsp3) is 0.353. The van der Waals surface area contributed by atoms with Gasteiger partial charge in [-0.25, -0.2) is 0 Å². The SMILES string of the molecule is COc1ccccc1CCNC(=O)C[NH+](C)Cc1ccco1. The van der Waals surface area contributed by atoms with Gasteiger partial charge in [0.15, 0.2) is 12.3 Å². The van der Waals surface area contributed by atoms with Crippen LogP contribution in [0.3, 0.4) is 0 Å². The first-order valence-electron chi connectivity index (χ1n) is 7.41. The molecule has 2 N–H and O–H groups in total. The van der Waals surface area contributed by atoms with Gasteiger partial charge < -0.3 is 19.4 Å². The van der Waals surface area contributed by atoms with Crippen molar-refractivity contribution in [3.8, 4) is 5.75 Å². The van der Waals surface area contributed by atoms with Crippen molar-refractivity contribution in [3.63, 3.8) is 0 Å². The molecule has 0 radical (unpaired) electrons. The molecule has 1 atom stereocenters. The summed E-state index contributed by atoms with van der Waals surface area (Å²) in [6, 6.07) is 11.6. The molecule has 0 aliphatic heterocycles. The van der Waals surface area contributed by atoms with Gasteiger partial charge in [-0.3, -0.25) is 4.79 Å². The molecule has 0 saturated carbocycles. The van der Waals surface area contributed by atoms with Crippen molar-refractivity contribution < 1.29 is 18.8 Å². The van der Waals surface area contributed by atoms with E-state index in [1.54, 1.807) is 13.4 Å². The van der Waals surface area contributed by atoms with E-state index in [2.05, 4.69) is 5.32 Å². The molecule has 1 aromatic heterocycles. The summed E-state index contributed by atoms with van der Waals surface area (Å²) in [7, 11) is 3.63. The summed E-state index contributed by atoms with van der Waals surface area (Å²) in [4.78, 5) is 13.0. The molecule has 1 amide bonds. The molecule has 2 aromatic rings. The number of para-hydroxylation sites is 1. The monoisotopic (exact) mass is 303 g/mol. The molecule has 5 nitrogen and oxygen atoms in total. The van der Waals surface area contributed by atoms with Gasteiger partial charge in [-0.2, -0.15) is 0 Å². The maximum absolute atomic E-state index is 11.9. The Bertz CT molecular complexity index is 581. The maximum Gasteiger partial charge on any atom is 0.275 e. The highest BCUT2D eigenvalue weighted by molar-refractivity contribution is 5.76. The number of rotatable bonds is 8. The molecular weight excluding hydrogens is 280 g/mol. The second kappa shape index (κ2) is 8.24. The molecule has 0 saturated heterocycles. The van der Waals surface area contributed by atoms with Gasteiger partial charge in [0.2, 0.25) is 0 Å². The first-order valence-corrected chi connectivity index (χ1v) is 7.41. The normalized spacial score (nSPS) is 11.9. The summed E-state index contributed by atoms with van der Waals surface area (Å²) in [6.07, 6.45) is 2.41. The third kappa shape index (κ3) is 4.93. The number of likely N-dealkylation sites (N-methyl/N-ethyl adjacent to an activating group) is 1. The van der Waals surface area contributed by atoms with Crippen molar-refractivity contribution in [3.05, 3.63) is 54.0 Å². The number of quaternary nitrogens is 1. The van der Waals surface area contributed by atoms with Crippen LogP contribution in [0.2, 0.25) is 0 Å². The Morgan fingerprint density at radius 3 is 2.82 bits per heavy atom. The van der Waals surface area contributed by atoms with Crippen LogP contribution in [0, 0.1) is 0 Å². The zero-order chi connectivity index (χ0) is 15.8. The third-order valence-corrected chi connectivity index (χ3v) is 3.43. The van der Waals surface area contributed by atoms with Crippen LogP contribution in [0.4, 0.5) is 0 Å². The molecule has 0 aliphatic carbocycles. The van der Waals surface area contributed by atoms with E-state index in [0.717, 1.165) is 28.4 Å². The fourth-order valence-corrected chi connectivity index (χ4v) is 2.36. The standard InChI is InChI=1S/C17H22N2O3/c1-19(12-15-7-5-11-22-15)13-17(20)18-10-9-14-6-3-4-8-16(14)21-2/h3-8,11H,9-10,12-13H2,1-2H3,(H,18,20)/p+1. The van der Waals surface area contributed by atoms with Crippen LogP contribution >= 0.6 is 0 Å². The summed E-state index contributed by atoms with van der Waals surface area (Å²) >= 11 is 0. The molecule has 0 bridgehead atoms. The second-order valence-corrected chi connectivity index (χ2v) is 5.30. The zero-order valence-electron chi connectivity index (χ0n) is 13.1. The highest BCUT2D eigenvalue weighted by atomic mass is 16.5. The van der Waals surface area contributed by atoms with E-state index in [9.17, 15) is 4.79 Å². The Balaban J connectivity index is 1.71. The molecule has 5 heteroatoms. The minimum Gasteiger partial charge on any atom is -0.496 e. The molecule has 0 fully saturated rings. The van der Waals surface area contributed by atoms with Crippen molar-refractivity contribution in [1.82, 2.24) is 5.32 Å². The summed E-state index contributed by atoms with van der Waals surface area (Å²) in [5.74, 6) is 1.79. The van der Waals surface area contributed by atoms with Crippen LogP contribution in [-0.4, -0.2) is 33.2 Å². The minimum absolute atomic E-state index is 0.0407. The molecule has 118 valence electrons.